The first-order chi connectivity index (χ1) is 6.34. The fourth-order valence-electron chi connectivity index (χ4n) is 1.56. The lowest BCUT2D eigenvalue weighted by atomic mass is 10.4. The standard InChI is InChI=1S/C9H11FN2S/c10-8-5-9(12-6-11-8)13-7-3-1-2-4-7/h5-7H,1-4H2. The molecule has 1 aromatic rings. The first-order valence-electron chi connectivity index (χ1n) is 4.49. The molecule has 70 valence electrons. The van der Waals surface area contributed by atoms with Crippen molar-refractivity contribution in [2.45, 2.75) is 36.0 Å². The van der Waals surface area contributed by atoms with Crippen LogP contribution in [0.25, 0.3) is 0 Å². The highest BCUT2D eigenvalue weighted by Gasteiger charge is 2.16. The van der Waals surface area contributed by atoms with E-state index in [-0.39, 0.29) is 0 Å². The summed E-state index contributed by atoms with van der Waals surface area (Å²) in [7, 11) is 0. The number of aromatic nitrogens is 2. The van der Waals surface area contributed by atoms with E-state index in [4.69, 9.17) is 0 Å². The summed E-state index contributed by atoms with van der Waals surface area (Å²) >= 11 is 1.67. The van der Waals surface area contributed by atoms with Gasteiger partial charge in [0.15, 0.2) is 0 Å². The van der Waals surface area contributed by atoms with Crippen molar-refractivity contribution in [1.82, 2.24) is 9.97 Å². The SMILES string of the molecule is Fc1cc(SC2CCCC2)ncn1. The molecule has 1 saturated carbocycles. The highest BCUT2D eigenvalue weighted by molar-refractivity contribution is 7.99. The molecular formula is C9H11FN2S. The van der Waals surface area contributed by atoms with Gasteiger partial charge >= 0.3 is 0 Å². The van der Waals surface area contributed by atoms with Crippen LogP contribution < -0.4 is 0 Å². The molecule has 0 saturated heterocycles. The summed E-state index contributed by atoms with van der Waals surface area (Å²) in [5, 5.41) is 1.40. The molecule has 13 heavy (non-hydrogen) atoms. The average molecular weight is 198 g/mol. The topological polar surface area (TPSA) is 25.8 Å². The number of hydrogen-bond acceptors (Lipinski definition) is 3. The van der Waals surface area contributed by atoms with Crippen LogP contribution in [0.2, 0.25) is 0 Å². The number of halogens is 1. The second kappa shape index (κ2) is 4.05. The van der Waals surface area contributed by atoms with Gasteiger partial charge in [0.05, 0.1) is 0 Å². The molecule has 2 nitrogen and oxygen atoms in total. The first-order valence-corrected chi connectivity index (χ1v) is 5.37. The minimum Gasteiger partial charge on any atom is -0.230 e. The summed E-state index contributed by atoms with van der Waals surface area (Å²) in [6, 6.07) is 1.41. The van der Waals surface area contributed by atoms with Gasteiger partial charge in [-0.1, -0.05) is 12.8 Å². The molecule has 0 spiro atoms. The summed E-state index contributed by atoms with van der Waals surface area (Å²) in [5.74, 6) is -0.435. The molecule has 1 aliphatic carbocycles. The average Bonchev–Trinajstić information content (AvgIpc) is 2.57. The van der Waals surface area contributed by atoms with Gasteiger partial charge in [-0.2, -0.15) is 4.39 Å². The van der Waals surface area contributed by atoms with Gasteiger partial charge in [0, 0.05) is 11.3 Å². The van der Waals surface area contributed by atoms with Gasteiger partial charge in [-0.05, 0) is 12.8 Å². The van der Waals surface area contributed by atoms with Crippen molar-refractivity contribution < 1.29 is 4.39 Å². The lowest BCUT2D eigenvalue weighted by molar-refractivity contribution is 0.572. The molecule has 4 heteroatoms. The molecule has 0 bridgehead atoms. The van der Waals surface area contributed by atoms with Crippen molar-refractivity contribution in [3.63, 3.8) is 0 Å². The molecule has 0 atom stereocenters. The van der Waals surface area contributed by atoms with E-state index in [2.05, 4.69) is 9.97 Å². The van der Waals surface area contributed by atoms with Gasteiger partial charge < -0.3 is 0 Å². The Labute approximate surface area is 81.0 Å². The lowest BCUT2D eigenvalue weighted by Crippen LogP contribution is -1.95. The molecule has 0 aliphatic heterocycles. The Balaban J connectivity index is 2.00. The van der Waals surface area contributed by atoms with Crippen LogP contribution in [0, 0.1) is 5.95 Å². The third kappa shape index (κ3) is 2.40. The summed E-state index contributed by atoms with van der Waals surface area (Å²) < 4.78 is 12.7. The second-order valence-electron chi connectivity index (χ2n) is 3.20. The van der Waals surface area contributed by atoms with Gasteiger partial charge in [-0.15, -0.1) is 11.8 Å². The van der Waals surface area contributed by atoms with Crippen LogP contribution in [0.1, 0.15) is 25.7 Å². The van der Waals surface area contributed by atoms with Crippen LogP contribution in [0.5, 0.6) is 0 Å². The van der Waals surface area contributed by atoms with Crippen LogP contribution in [0.3, 0.4) is 0 Å². The molecule has 1 heterocycles. The van der Waals surface area contributed by atoms with E-state index in [0.29, 0.717) is 5.25 Å². The molecule has 0 N–H and O–H groups in total. The number of thioether (sulfide) groups is 1. The normalized spacial score (nSPS) is 17.9. The zero-order valence-corrected chi connectivity index (χ0v) is 8.06. The number of nitrogens with zero attached hydrogens (tertiary/aromatic N) is 2. The smallest absolute Gasteiger partial charge is 0.217 e. The molecule has 1 fully saturated rings. The third-order valence-corrected chi connectivity index (χ3v) is 3.47. The number of hydrogen-bond donors (Lipinski definition) is 0. The van der Waals surface area contributed by atoms with Crippen molar-refractivity contribution in [1.29, 1.82) is 0 Å². The van der Waals surface area contributed by atoms with Gasteiger partial charge in [0.2, 0.25) is 5.95 Å². The highest BCUT2D eigenvalue weighted by atomic mass is 32.2. The van der Waals surface area contributed by atoms with Crippen LogP contribution in [-0.2, 0) is 0 Å². The van der Waals surface area contributed by atoms with Crippen LogP contribution in [0.15, 0.2) is 17.4 Å². The monoisotopic (exact) mass is 198 g/mol. The van der Waals surface area contributed by atoms with E-state index >= 15 is 0 Å². The van der Waals surface area contributed by atoms with Crippen molar-refractivity contribution in [3.05, 3.63) is 18.3 Å². The molecule has 0 unspecified atom stereocenters. The minimum atomic E-state index is -0.435. The summed E-state index contributed by atoms with van der Waals surface area (Å²) in [6.07, 6.45) is 6.34. The summed E-state index contributed by atoms with van der Waals surface area (Å²) in [5.41, 5.74) is 0. The third-order valence-electron chi connectivity index (χ3n) is 2.20. The van der Waals surface area contributed by atoms with Crippen LogP contribution >= 0.6 is 11.8 Å². The maximum Gasteiger partial charge on any atom is 0.217 e. The second-order valence-corrected chi connectivity index (χ2v) is 4.52. The predicted octanol–water partition coefficient (Wildman–Crippen LogP) is 2.65. The fourth-order valence-corrected chi connectivity index (χ4v) is 2.74. The molecule has 1 aromatic heterocycles. The molecular weight excluding hydrogens is 187 g/mol. The Morgan fingerprint density at radius 3 is 2.77 bits per heavy atom. The molecule has 2 rings (SSSR count). The van der Waals surface area contributed by atoms with Gasteiger partial charge in [0.25, 0.3) is 0 Å². The Kier molecular flexibility index (Phi) is 2.78. The van der Waals surface area contributed by atoms with E-state index in [0.717, 1.165) is 5.03 Å². The van der Waals surface area contributed by atoms with Crippen LogP contribution in [0.4, 0.5) is 4.39 Å². The molecule has 0 amide bonds. The van der Waals surface area contributed by atoms with Gasteiger partial charge in [-0.3, -0.25) is 0 Å². The minimum absolute atomic E-state index is 0.435. The first kappa shape index (κ1) is 8.94. The lowest BCUT2D eigenvalue weighted by Gasteiger charge is -2.06. The molecule has 0 aromatic carbocycles. The van der Waals surface area contributed by atoms with Crippen molar-refractivity contribution in [2.75, 3.05) is 0 Å². The zero-order valence-electron chi connectivity index (χ0n) is 7.24. The quantitative estimate of drug-likeness (QED) is 0.683. The summed E-state index contributed by atoms with van der Waals surface area (Å²) in [4.78, 5) is 7.44. The number of rotatable bonds is 2. The fraction of sp³-hybridized carbons (Fsp3) is 0.556. The Morgan fingerprint density at radius 2 is 2.08 bits per heavy atom. The highest BCUT2D eigenvalue weighted by Crippen LogP contribution is 2.33. The van der Waals surface area contributed by atoms with Crippen molar-refractivity contribution in [3.8, 4) is 0 Å². The van der Waals surface area contributed by atoms with Crippen LogP contribution in [-0.4, -0.2) is 15.2 Å². The Hall–Kier alpha value is -0.640. The van der Waals surface area contributed by atoms with E-state index in [1.165, 1.54) is 38.1 Å². The molecule has 1 aliphatic rings. The maximum absolute atomic E-state index is 12.7. The molecule has 0 radical (unpaired) electrons. The van der Waals surface area contributed by atoms with E-state index < -0.39 is 5.95 Å². The van der Waals surface area contributed by atoms with Gasteiger partial charge in [-0.25, -0.2) is 9.97 Å². The van der Waals surface area contributed by atoms with E-state index in [9.17, 15) is 4.39 Å². The Morgan fingerprint density at radius 1 is 1.31 bits per heavy atom. The maximum atomic E-state index is 12.7. The zero-order chi connectivity index (χ0) is 9.10. The largest absolute Gasteiger partial charge is 0.230 e. The van der Waals surface area contributed by atoms with E-state index in [1.54, 1.807) is 11.8 Å². The van der Waals surface area contributed by atoms with Crippen molar-refractivity contribution >= 4 is 11.8 Å². The summed E-state index contributed by atoms with van der Waals surface area (Å²) in [6.45, 7) is 0. The Bertz CT molecular complexity index is 287. The predicted molar refractivity (Wildman–Crippen MR) is 50.1 cm³/mol. The van der Waals surface area contributed by atoms with Gasteiger partial charge in [0.1, 0.15) is 11.4 Å². The van der Waals surface area contributed by atoms with E-state index in [1.807, 2.05) is 0 Å². The van der Waals surface area contributed by atoms with Crippen molar-refractivity contribution in [2.24, 2.45) is 0 Å².